The van der Waals surface area contributed by atoms with Crippen LogP contribution in [0.2, 0.25) is 6.55 Å². The molecule has 0 amide bonds. The van der Waals surface area contributed by atoms with Crippen LogP contribution in [-0.4, -0.2) is 19.7 Å². The summed E-state index contributed by atoms with van der Waals surface area (Å²) in [5.74, 6) is 0.621. The van der Waals surface area contributed by atoms with Crippen molar-refractivity contribution < 1.29 is 9.22 Å². The van der Waals surface area contributed by atoms with E-state index in [2.05, 4.69) is 73.8 Å². The second-order valence-corrected chi connectivity index (χ2v) is 11.6. The quantitative estimate of drug-likeness (QED) is 0.519. The summed E-state index contributed by atoms with van der Waals surface area (Å²) in [6.45, 7) is 6.24. The maximum Gasteiger partial charge on any atom is 0.253 e. The van der Waals surface area contributed by atoms with Crippen molar-refractivity contribution in [3.05, 3.63) is 85.0 Å². The van der Waals surface area contributed by atoms with Crippen LogP contribution in [0.5, 0.6) is 0 Å². The van der Waals surface area contributed by atoms with E-state index in [9.17, 15) is 4.79 Å². The summed E-state index contributed by atoms with van der Waals surface area (Å²) in [6, 6.07) is 21.3. The van der Waals surface area contributed by atoms with Crippen molar-refractivity contribution in [3.8, 4) is 0 Å². The molecule has 4 rings (SSSR count). The Labute approximate surface area is 169 Å². The molecule has 28 heavy (non-hydrogen) atoms. The van der Waals surface area contributed by atoms with Gasteiger partial charge in [0.05, 0.1) is 5.60 Å². The van der Waals surface area contributed by atoms with E-state index in [4.69, 9.17) is 4.43 Å². The van der Waals surface area contributed by atoms with E-state index < -0.39 is 8.32 Å². The molecule has 0 aliphatic heterocycles. The Kier molecular flexibility index (Phi) is 5.22. The normalized spacial score (nSPS) is 24.1. The van der Waals surface area contributed by atoms with Crippen molar-refractivity contribution in [1.29, 1.82) is 0 Å². The number of ketones is 1. The van der Waals surface area contributed by atoms with E-state index in [1.54, 1.807) is 0 Å². The lowest BCUT2D eigenvalue weighted by Crippen LogP contribution is -2.62. The molecule has 2 aromatic rings. The molecular formula is C25H28O2Si. The van der Waals surface area contributed by atoms with E-state index in [1.165, 1.54) is 15.9 Å². The third-order valence-corrected chi connectivity index (χ3v) is 10.1. The number of hydrogen-bond donors (Lipinski definition) is 0. The molecule has 0 bridgehead atoms. The Bertz CT molecular complexity index is 848. The number of carbonyl (C=O) groups excluding carboxylic acids is 1. The van der Waals surface area contributed by atoms with Gasteiger partial charge in [-0.05, 0) is 60.2 Å². The third kappa shape index (κ3) is 3.34. The first-order valence-corrected chi connectivity index (χ1v) is 12.7. The molecular weight excluding hydrogens is 360 g/mol. The third-order valence-electron chi connectivity index (χ3n) is 6.43. The van der Waals surface area contributed by atoms with Gasteiger partial charge in [0, 0.05) is 6.42 Å². The monoisotopic (exact) mass is 388 g/mol. The van der Waals surface area contributed by atoms with Gasteiger partial charge in [-0.3, -0.25) is 4.79 Å². The van der Waals surface area contributed by atoms with Gasteiger partial charge >= 0.3 is 0 Å². The van der Waals surface area contributed by atoms with Crippen LogP contribution in [-0.2, 0) is 9.22 Å². The zero-order chi connectivity index (χ0) is 19.6. The van der Waals surface area contributed by atoms with E-state index in [-0.39, 0.29) is 11.4 Å². The molecule has 2 aromatic carbocycles. The number of hydrogen-bond acceptors (Lipinski definition) is 2. The van der Waals surface area contributed by atoms with Gasteiger partial charge in [-0.1, -0.05) is 66.7 Å². The Morgan fingerprint density at radius 3 is 2.29 bits per heavy atom. The standard InChI is InChI=1S/C25H28O2Si/c1-3-4-16-25(17-15-20-18-21(26)19-24(20)25)27-28(2,22-11-7-5-8-12-22)23-13-9-6-10-14-23/h3,5-14,19-20H,1,4,15-18H2,2H3/t20-,25+/m0/s1. The van der Waals surface area contributed by atoms with E-state index in [0.717, 1.165) is 25.7 Å². The lowest BCUT2D eigenvalue weighted by atomic mass is 9.90. The molecule has 144 valence electrons. The molecule has 0 spiro atoms. The number of carbonyl (C=O) groups is 1. The van der Waals surface area contributed by atoms with Crippen LogP contribution in [0, 0.1) is 5.92 Å². The average Bonchev–Trinajstić information content (AvgIpc) is 3.26. The summed E-state index contributed by atoms with van der Waals surface area (Å²) in [6.07, 6.45) is 8.35. The molecule has 0 N–H and O–H groups in total. The highest BCUT2D eigenvalue weighted by molar-refractivity contribution is 6.96. The summed E-state index contributed by atoms with van der Waals surface area (Å²) in [5.41, 5.74) is 0.891. The highest BCUT2D eigenvalue weighted by Crippen LogP contribution is 2.50. The van der Waals surface area contributed by atoms with Gasteiger partial charge in [-0.15, -0.1) is 6.58 Å². The number of allylic oxidation sites excluding steroid dienone is 2. The van der Waals surface area contributed by atoms with Crippen LogP contribution in [0.3, 0.4) is 0 Å². The fourth-order valence-corrected chi connectivity index (χ4v) is 8.30. The molecule has 1 fully saturated rings. The highest BCUT2D eigenvalue weighted by atomic mass is 28.4. The fraction of sp³-hybridized carbons (Fsp3) is 0.320. The maximum absolute atomic E-state index is 12.2. The summed E-state index contributed by atoms with van der Waals surface area (Å²) in [4.78, 5) is 12.2. The predicted octanol–water partition coefficient (Wildman–Crippen LogP) is 4.41. The molecule has 2 aliphatic carbocycles. The molecule has 0 unspecified atom stereocenters. The summed E-state index contributed by atoms with van der Waals surface area (Å²) >= 11 is 0. The van der Waals surface area contributed by atoms with E-state index in [1.807, 2.05) is 12.2 Å². The topological polar surface area (TPSA) is 26.3 Å². The zero-order valence-electron chi connectivity index (χ0n) is 16.6. The maximum atomic E-state index is 12.2. The van der Waals surface area contributed by atoms with Crippen molar-refractivity contribution in [2.45, 2.75) is 44.3 Å². The van der Waals surface area contributed by atoms with Gasteiger partial charge in [0.2, 0.25) is 0 Å². The van der Waals surface area contributed by atoms with Crippen molar-refractivity contribution in [2.24, 2.45) is 5.92 Å². The smallest absolute Gasteiger partial charge is 0.253 e. The molecule has 2 nitrogen and oxygen atoms in total. The minimum Gasteiger partial charge on any atom is -0.399 e. The van der Waals surface area contributed by atoms with Gasteiger partial charge in [-0.2, -0.15) is 0 Å². The van der Waals surface area contributed by atoms with Crippen LogP contribution in [0.25, 0.3) is 0 Å². The van der Waals surface area contributed by atoms with Crippen LogP contribution in [0.1, 0.15) is 32.1 Å². The zero-order valence-corrected chi connectivity index (χ0v) is 17.6. The molecule has 0 radical (unpaired) electrons. The minimum absolute atomic E-state index is 0.258. The van der Waals surface area contributed by atoms with Crippen LogP contribution < -0.4 is 10.4 Å². The molecule has 3 heteroatoms. The van der Waals surface area contributed by atoms with E-state index in [0.29, 0.717) is 12.3 Å². The average molecular weight is 389 g/mol. The number of fused-ring (bicyclic) bond motifs is 1. The molecule has 0 aromatic heterocycles. The second kappa shape index (κ2) is 7.65. The molecule has 0 heterocycles. The predicted molar refractivity (Wildman–Crippen MR) is 117 cm³/mol. The summed E-state index contributed by atoms with van der Waals surface area (Å²) < 4.78 is 7.29. The van der Waals surface area contributed by atoms with Gasteiger partial charge < -0.3 is 4.43 Å². The molecule has 2 aliphatic rings. The Balaban J connectivity index is 1.81. The van der Waals surface area contributed by atoms with Gasteiger partial charge in [0.15, 0.2) is 5.78 Å². The first kappa shape index (κ1) is 19.1. The van der Waals surface area contributed by atoms with Crippen LogP contribution >= 0.6 is 0 Å². The molecule has 2 atom stereocenters. The summed E-state index contributed by atoms with van der Waals surface area (Å²) in [7, 11) is -2.46. The number of rotatable bonds is 7. The SMILES string of the molecule is C=CCC[C@@]1(O[Si](C)(c2ccccc2)c2ccccc2)CC[C@H]2CC(=O)C=C21. The Hall–Kier alpha value is -2.23. The largest absolute Gasteiger partial charge is 0.399 e. The summed E-state index contributed by atoms with van der Waals surface area (Å²) in [5, 5.41) is 2.54. The Morgan fingerprint density at radius 1 is 1.11 bits per heavy atom. The van der Waals surface area contributed by atoms with Gasteiger partial charge in [0.1, 0.15) is 0 Å². The number of benzene rings is 2. The minimum atomic E-state index is -2.46. The second-order valence-electron chi connectivity index (χ2n) is 8.19. The lowest BCUT2D eigenvalue weighted by Gasteiger charge is -2.41. The van der Waals surface area contributed by atoms with Crippen molar-refractivity contribution in [1.82, 2.24) is 0 Å². The lowest BCUT2D eigenvalue weighted by molar-refractivity contribution is -0.114. The van der Waals surface area contributed by atoms with Crippen LogP contribution in [0.4, 0.5) is 0 Å². The van der Waals surface area contributed by atoms with Crippen LogP contribution in [0.15, 0.2) is 85.0 Å². The van der Waals surface area contributed by atoms with Gasteiger partial charge in [-0.25, -0.2) is 0 Å². The van der Waals surface area contributed by atoms with Crippen molar-refractivity contribution >= 4 is 24.5 Å². The molecule has 1 saturated carbocycles. The van der Waals surface area contributed by atoms with Crippen molar-refractivity contribution in [2.75, 3.05) is 0 Å². The fourth-order valence-electron chi connectivity index (χ4n) is 4.97. The Morgan fingerprint density at radius 2 is 1.71 bits per heavy atom. The van der Waals surface area contributed by atoms with Gasteiger partial charge in [0.25, 0.3) is 8.32 Å². The molecule has 0 saturated heterocycles. The van der Waals surface area contributed by atoms with E-state index >= 15 is 0 Å². The first-order chi connectivity index (χ1) is 13.6. The first-order valence-electron chi connectivity index (χ1n) is 10.2. The van der Waals surface area contributed by atoms with Crippen molar-refractivity contribution in [3.63, 3.8) is 0 Å². The highest BCUT2D eigenvalue weighted by Gasteiger charge is 2.51.